The average Bonchev–Trinajstić information content (AvgIpc) is 2.85. The van der Waals surface area contributed by atoms with E-state index in [4.69, 9.17) is 19.9 Å². The maximum absolute atomic E-state index is 13.5. The maximum atomic E-state index is 13.5. The first-order valence-electron chi connectivity index (χ1n) is 5.79. The van der Waals surface area contributed by atoms with Crippen molar-refractivity contribution in [2.24, 2.45) is 0 Å². The van der Waals surface area contributed by atoms with Crippen molar-refractivity contribution in [2.45, 2.75) is 6.61 Å². The lowest BCUT2D eigenvalue weighted by molar-refractivity contribution is 0.174. The molecule has 0 bridgehead atoms. The van der Waals surface area contributed by atoms with Gasteiger partial charge in [-0.15, -0.1) is 0 Å². The van der Waals surface area contributed by atoms with Crippen molar-refractivity contribution in [1.29, 1.82) is 0 Å². The highest BCUT2D eigenvalue weighted by molar-refractivity contribution is 5.45. The average molecular weight is 261 g/mol. The number of nitrogens with two attached hydrogens (primary N) is 1. The lowest BCUT2D eigenvalue weighted by Crippen LogP contribution is -1.98. The van der Waals surface area contributed by atoms with Crippen molar-refractivity contribution in [3.63, 3.8) is 0 Å². The van der Waals surface area contributed by atoms with E-state index in [0.717, 1.165) is 5.56 Å². The predicted molar refractivity (Wildman–Crippen MR) is 67.7 cm³/mol. The van der Waals surface area contributed by atoms with Crippen LogP contribution in [0.3, 0.4) is 0 Å². The summed E-state index contributed by atoms with van der Waals surface area (Å²) in [6, 6.07) is 9.81. The van der Waals surface area contributed by atoms with E-state index in [2.05, 4.69) is 0 Å². The molecule has 1 aliphatic heterocycles. The van der Waals surface area contributed by atoms with Gasteiger partial charge in [-0.05, 0) is 29.8 Å². The number of hydrogen-bond donors (Lipinski definition) is 1. The molecule has 0 saturated heterocycles. The number of nitrogen functional groups attached to an aromatic ring is 1. The van der Waals surface area contributed by atoms with Crippen LogP contribution in [0, 0.1) is 5.82 Å². The molecule has 0 aliphatic carbocycles. The van der Waals surface area contributed by atoms with Crippen LogP contribution in [-0.2, 0) is 6.61 Å². The molecular weight excluding hydrogens is 249 g/mol. The molecule has 3 rings (SSSR count). The van der Waals surface area contributed by atoms with E-state index in [9.17, 15) is 4.39 Å². The van der Waals surface area contributed by atoms with Crippen LogP contribution in [0.1, 0.15) is 5.56 Å². The van der Waals surface area contributed by atoms with Gasteiger partial charge in [0.2, 0.25) is 6.79 Å². The standard InChI is InChI=1S/C14H12FNO3/c15-11-6-10(16)2-4-12(11)17-7-9-1-3-13-14(5-9)19-8-18-13/h1-6H,7-8,16H2. The van der Waals surface area contributed by atoms with Gasteiger partial charge in [-0.25, -0.2) is 4.39 Å². The molecule has 0 saturated carbocycles. The van der Waals surface area contributed by atoms with Crippen LogP contribution >= 0.6 is 0 Å². The summed E-state index contributed by atoms with van der Waals surface area (Å²) in [4.78, 5) is 0. The normalized spacial score (nSPS) is 12.5. The second kappa shape index (κ2) is 4.68. The van der Waals surface area contributed by atoms with E-state index in [1.54, 1.807) is 12.1 Å². The predicted octanol–water partition coefficient (Wildman–Crippen LogP) is 2.72. The molecule has 1 heterocycles. The van der Waals surface area contributed by atoms with E-state index in [0.29, 0.717) is 17.2 Å². The highest BCUT2D eigenvalue weighted by atomic mass is 19.1. The van der Waals surface area contributed by atoms with Crippen molar-refractivity contribution in [1.82, 2.24) is 0 Å². The van der Waals surface area contributed by atoms with E-state index in [-0.39, 0.29) is 19.1 Å². The molecule has 0 atom stereocenters. The molecule has 0 spiro atoms. The lowest BCUT2D eigenvalue weighted by Gasteiger charge is -2.08. The second-order valence-electron chi connectivity index (χ2n) is 4.17. The fourth-order valence-electron chi connectivity index (χ4n) is 1.83. The number of rotatable bonds is 3. The lowest BCUT2D eigenvalue weighted by atomic mass is 10.2. The number of fused-ring (bicyclic) bond motifs is 1. The smallest absolute Gasteiger partial charge is 0.231 e. The van der Waals surface area contributed by atoms with Gasteiger partial charge in [0, 0.05) is 11.8 Å². The van der Waals surface area contributed by atoms with Gasteiger partial charge in [0.15, 0.2) is 23.1 Å². The largest absolute Gasteiger partial charge is 0.486 e. The molecule has 0 radical (unpaired) electrons. The van der Waals surface area contributed by atoms with Crippen molar-refractivity contribution < 1.29 is 18.6 Å². The molecule has 2 N–H and O–H groups in total. The number of ether oxygens (including phenoxy) is 3. The summed E-state index contributed by atoms with van der Waals surface area (Å²) in [5.74, 6) is 1.09. The molecule has 0 unspecified atom stereocenters. The third-order valence-electron chi connectivity index (χ3n) is 2.79. The Labute approximate surface area is 109 Å². The molecule has 0 fully saturated rings. The molecule has 4 nitrogen and oxygen atoms in total. The van der Waals surface area contributed by atoms with Gasteiger partial charge in [-0.1, -0.05) is 6.07 Å². The first-order chi connectivity index (χ1) is 9.22. The molecule has 1 aliphatic rings. The van der Waals surface area contributed by atoms with Gasteiger partial charge >= 0.3 is 0 Å². The fourth-order valence-corrected chi connectivity index (χ4v) is 1.83. The van der Waals surface area contributed by atoms with Gasteiger partial charge in [-0.3, -0.25) is 0 Å². The fraction of sp³-hybridized carbons (Fsp3) is 0.143. The summed E-state index contributed by atoms with van der Waals surface area (Å²) in [6.07, 6.45) is 0. The molecule has 2 aromatic rings. The Hall–Kier alpha value is -2.43. The van der Waals surface area contributed by atoms with Crippen molar-refractivity contribution in [3.05, 3.63) is 47.8 Å². The van der Waals surface area contributed by atoms with Gasteiger partial charge in [0.25, 0.3) is 0 Å². The molecule has 98 valence electrons. The van der Waals surface area contributed by atoms with Crippen LogP contribution < -0.4 is 19.9 Å². The number of anilines is 1. The topological polar surface area (TPSA) is 53.7 Å². The number of hydrogen-bond acceptors (Lipinski definition) is 4. The summed E-state index contributed by atoms with van der Waals surface area (Å²) < 4.78 is 29.4. The van der Waals surface area contributed by atoms with E-state index >= 15 is 0 Å². The molecule has 5 heteroatoms. The Bertz CT molecular complexity index is 616. The van der Waals surface area contributed by atoms with Crippen molar-refractivity contribution in [2.75, 3.05) is 12.5 Å². The van der Waals surface area contributed by atoms with Gasteiger partial charge < -0.3 is 19.9 Å². The molecule has 0 aromatic heterocycles. The summed E-state index contributed by atoms with van der Waals surface area (Å²) in [5, 5.41) is 0. The number of halogens is 1. The Morgan fingerprint density at radius 2 is 1.95 bits per heavy atom. The number of benzene rings is 2. The minimum Gasteiger partial charge on any atom is -0.486 e. The highest BCUT2D eigenvalue weighted by Crippen LogP contribution is 2.32. The zero-order valence-corrected chi connectivity index (χ0v) is 10.1. The maximum Gasteiger partial charge on any atom is 0.231 e. The molecular formula is C14H12FNO3. The quantitative estimate of drug-likeness (QED) is 0.863. The molecule has 19 heavy (non-hydrogen) atoms. The minimum absolute atomic E-state index is 0.173. The minimum atomic E-state index is -0.472. The summed E-state index contributed by atoms with van der Waals surface area (Å²) >= 11 is 0. The van der Waals surface area contributed by atoms with Crippen LogP contribution in [0.4, 0.5) is 10.1 Å². The van der Waals surface area contributed by atoms with Crippen LogP contribution in [0.5, 0.6) is 17.2 Å². The van der Waals surface area contributed by atoms with Crippen molar-refractivity contribution in [3.8, 4) is 17.2 Å². The van der Waals surface area contributed by atoms with Crippen LogP contribution in [0.15, 0.2) is 36.4 Å². The van der Waals surface area contributed by atoms with E-state index in [1.165, 1.54) is 12.1 Å². The first-order valence-corrected chi connectivity index (χ1v) is 5.79. The van der Waals surface area contributed by atoms with E-state index in [1.807, 2.05) is 12.1 Å². The summed E-state index contributed by atoms with van der Waals surface area (Å²) in [7, 11) is 0. The van der Waals surface area contributed by atoms with Gasteiger partial charge in [0.05, 0.1) is 0 Å². The zero-order valence-electron chi connectivity index (χ0n) is 10.1. The Morgan fingerprint density at radius 3 is 2.79 bits per heavy atom. The third kappa shape index (κ3) is 2.40. The Balaban J connectivity index is 1.72. The Morgan fingerprint density at radius 1 is 1.11 bits per heavy atom. The SMILES string of the molecule is Nc1ccc(OCc2ccc3c(c2)OCO3)c(F)c1. The molecule has 2 aromatic carbocycles. The third-order valence-corrected chi connectivity index (χ3v) is 2.79. The van der Waals surface area contributed by atoms with Gasteiger partial charge in [-0.2, -0.15) is 0 Å². The second-order valence-corrected chi connectivity index (χ2v) is 4.17. The highest BCUT2D eigenvalue weighted by Gasteiger charge is 2.13. The summed E-state index contributed by atoms with van der Waals surface area (Å²) in [6.45, 7) is 0.476. The monoisotopic (exact) mass is 261 g/mol. The van der Waals surface area contributed by atoms with Crippen molar-refractivity contribution >= 4 is 5.69 Å². The summed E-state index contributed by atoms with van der Waals surface area (Å²) in [5.41, 5.74) is 6.71. The zero-order chi connectivity index (χ0) is 13.2. The Kier molecular flexibility index (Phi) is 2.87. The molecule has 0 amide bonds. The van der Waals surface area contributed by atoms with Crippen LogP contribution in [0.25, 0.3) is 0 Å². The van der Waals surface area contributed by atoms with Crippen LogP contribution in [-0.4, -0.2) is 6.79 Å². The van der Waals surface area contributed by atoms with E-state index < -0.39 is 5.82 Å². The van der Waals surface area contributed by atoms with Crippen LogP contribution in [0.2, 0.25) is 0 Å². The first kappa shape index (κ1) is 11.6. The van der Waals surface area contributed by atoms with Gasteiger partial charge in [0.1, 0.15) is 6.61 Å².